The summed E-state index contributed by atoms with van der Waals surface area (Å²) in [6.07, 6.45) is 0. The maximum atomic E-state index is 10.6. The maximum absolute atomic E-state index is 10.6. The average molecular weight is 267 g/mol. The third-order valence-corrected chi connectivity index (χ3v) is 4.37. The number of non-ortho nitro benzene ring substituents is 1. The molecule has 0 N–H and O–H groups in total. The molecule has 0 amide bonds. The number of benzene rings is 1. The SMILES string of the molecule is CPN1CCN(c2ccc([N+](=O)[O-])cc2)C(C)C1. The van der Waals surface area contributed by atoms with E-state index >= 15 is 0 Å². The second kappa shape index (κ2) is 5.63. The summed E-state index contributed by atoms with van der Waals surface area (Å²) in [5.74, 6) is 0. The predicted octanol–water partition coefficient (Wildman–Crippen LogP) is 2.33. The van der Waals surface area contributed by atoms with E-state index in [2.05, 4.69) is 23.2 Å². The van der Waals surface area contributed by atoms with Crippen LogP contribution < -0.4 is 4.90 Å². The minimum atomic E-state index is -0.358. The molecule has 0 bridgehead atoms. The van der Waals surface area contributed by atoms with Crippen LogP contribution in [-0.4, -0.2) is 41.9 Å². The van der Waals surface area contributed by atoms with E-state index in [1.54, 1.807) is 12.1 Å². The van der Waals surface area contributed by atoms with Gasteiger partial charge in [-0.3, -0.25) is 14.8 Å². The molecule has 2 unspecified atom stereocenters. The van der Waals surface area contributed by atoms with Crippen molar-refractivity contribution in [3.05, 3.63) is 34.4 Å². The Morgan fingerprint density at radius 1 is 1.33 bits per heavy atom. The number of nitro groups is 1. The van der Waals surface area contributed by atoms with Crippen molar-refractivity contribution in [1.29, 1.82) is 0 Å². The van der Waals surface area contributed by atoms with Crippen LogP contribution in [0.15, 0.2) is 24.3 Å². The van der Waals surface area contributed by atoms with Crippen LogP contribution in [0.3, 0.4) is 0 Å². The molecule has 1 aliphatic heterocycles. The van der Waals surface area contributed by atoms with Crippen molar-refractivity contribution in [2.24, 2.45) is 0 Å². The van der Waals surface area contributed by atoms with Crippen molar-refractivity contribution in [3.8, 4) is 0 Å². The van der Waals surface area contributed by atoms with E-state index in [4.69, 9.17) is 0 Å². The van der Waals surface area contributed by atoms with Crippen molar-refractivity contribution in [2.45, 2.75) is 13.0 Å². The van der Waals surface area contributed by atoms with Gasteiger partial charge in [0.1, 0.15) is 0 Å². The molecule has 98 valence electrons. The summed E-state index contributed by atoms with van der Waals surface area (Å²) in [5, 5.41) is 10.6. The summed E-state index contributed by atoms with van der Waals surface area (Å²) < 4.78 is 2.45. The van der Waals surface area contributed by atoms with Crippen LogP contribution in [0.5, 0.6) is 0 Å². The molecule has 1 heterocycles. The van der Waals surface area contributed by atoms with Gasteiger partial charge in [0.25, 0.3) is 5.69 Å². The standard InChI is InChI=1S/C12H18N3O2P/c1-10-9-13(18-2)7-8-14(10)11-3-5-12(6-4-11)15(16)17/h3-6,10,18H,7-9H2,1-2H3. The number of nitrogens with zero attached hydrogens (tertiary/aromatic N) is 3. The number of piperazine rings is 1. The maximum Gasteiger partial charge on any atom is 0.269 e. The first-order valence-electron chi connectivity index (χ1n) is 6.05. The Kier molecular flexibility index (Phi) is 4.15. The first kappa shape index (κ1) is 13.2. The second-order valence-electron chi connectivity index (χ2n) is 4.49. The molecule has 0 saturated carbocycles. The minimum absolute atomic E-state index is 0.153. The Bertz CT molecular complexity index is 424. The van der Waals surface area contributed by atoms with E-state index in [0.29, 0.717) is 6.04 Å². The summed E-state index contributed by atoms with van der Waals surface area (Å²) >= 11 is 0. The normalized spacial score (nSPS) is 21.7. The molecule has 0 aromatic heterocycles. The van der Waals surface area contributed by atoms with Gasteiger partial charge in [-0.1, -0.05) is 8.73 Å². The topological polar surface area (TPSA) is 49.6 Å². The molecule has 0 spiro atoms. The fourth-order valence-corrected chi connectivity index (χ4v) is 3.08. The molecule has 1 aromatic carbocycles. The number of anilines is 1. The molecule has 6 heteroatoms. The van der Waals surface area contributed by atoms with Crippen LogP contribution in [0.4, 0.5) is 11.4 Å². The van der Waals surface area contributed by atoms with Gasteiger partial charge in [0, 0.05) is 43.5 Å². The molecule has 18 heavy (non-hydrogen) atoms. The quantitative estimate of drug-likeness (QED) is 0.479. The van der Waals surface area contributed by atoms with Crippen LogP contribution >= 0.6 is 8.73 Å². The molecule has 1 saturated heterocycles. The molecule has 2 rings (SSSR count). The Hall–Kier alpha value is -1.19. The number of hydrogen-bond donors (Lipinski definition) is 0. The monoisotopic (exact) mass is 267 g/mol. The predicted molar refractivity (Wildman–Crippen MR) is 75.7 cm³/mol. The summed E-state index contributed by atoms with van der Waals surface area (Å²) in [6, 6.07) is 7.30. The lowest BCUT2D eigenvalue weighted by Gasteiger charge is -2.40. The van der Waals surface area contributed by atoms with E-state index in [0.717, 1.165) is 34.1 Å². The van der Waals surface area contributed by atoms with Crippen molar-refractivity contribution in [2.75, 3.05) is 31.2 Å². The fourth-order valence-electron chi connectivity index (χ4n) is 2.31. The van der Waals surface area contributed by atoms with Gasteiger partial charge in [-0.05, 0) is 25.7 Å². The van der Waals surface area contributed by atoms with Crippen LogP contribution in [0.2, 0.25) is 0 Å². The van der Waals surface area contributed by atoms with Gasteiger partial charge in [-0.15, -0.1) is 0 Å². The first-order chi connectivity index (χ1) is 8.61. The van der Waals surface area contributed by atoms with Crippen LogP contribution in [0.1, 0.15) is 6.92 Å². The van der Waals surface area contributed by atoms with Gasteiger partial charge in [0.15, 0.2) is 0 Å². The molecule has 2 atom stereocenters. The zero-order valence-corrected chi connectivity index (χ0v) is 11.7. The highest BCUT2D eigenvalue weighted by molar-refractivity contribution is 7.34. The van der Waals surface area contributed by atoms with Crippen molar-refractivity contribution in [1.82, 2.24) is 4.67 Å². The van der Waals surface area contributed by atoms with Gasteiger partial charge in [-0.25, -0.2) is 0 Å². The Balaban J connectivity index is 2.10. The number of rotatable bonds is 3. The molecular weight excluding hydrogens is 249 g/mol. The molecule has 0 radical (unpaired) electrons. The summed E-state index contributed by atoms with van der Waals surface area (Å²) in [4.78, 5) is 12.6. The van der Waals surface area contributed by atoms with E-state index in [1.165, 1.54) is 0 Å². The number of hydrogen-bond acceptors (Lipinski definition) is 4. The number of nitro benzene ring substituents is 1. The lowest BCUT2D eigenvalue weighted by Crippen LogP contribution is -2.49. The Morgan fingerprint density at radius 3 is 2.50 bits per heavy atom. The third-order valence-electron chi connectivity index (χ3n) is 3.34. The lowest BCUT2D eigenvalue weighted by atomic mass is 10.1. The Morgan fingerprint density at radius 2 is 2.00 bits per heavy atom. The third kappa shape index (κ3) is 2.79. The van der Waals surface area contributed by atoms with Crippen molar-refractivity contribution in [3.63, 3.8) is 0 Å². The van der Waals surface area contributed by atoms with Crippen LogP contribution in [0, 0.1) is 10.1 Å². The van der Waals surface area contributed by atoms with Gasteiger partial charge in [0.05, 0.1) is 4.92 Å². The fraction of sp³-hybridized carbons (Fsp3) is 0.500. The zero-order valence-electron chi connectivity index (χ0n) is 10.7. The highest BCUT2D eigenvalue weighted by atomic mass is 31.1. The lowest BCUT2D eigenvalue weighted by molar-refractivity contribution is -0.384. The van der Waals surface area contributed by atoms with Gasteiger partial charge >= 0.3 is 0 Å². The van der Waals surface area contributed by atoms with Gasteiger partial charge in [0.2, 0.25) is 0 Å². The van der Waals surface area contributed by atoms with E-state index < -0.39 is 0 Å². The summed E-state index contributed by atoms with van der Waals surface area (Å²) in [5.41, 5.74) is 1.23. The molecule has 5 nitrogen and oxygen atoms in total. The van der Waals surface area contributed by atoms with E-state index in [1.807, 2.05) is 12.1 Å². The average Bonchev–Trinajstić information content (AvgIpc) is 2.38. The van der Waals surface area contributed by atoms with Crippen molar-refractivity contribution < 1.29 is 4.92 Å². The molecule has 1 aromatic rings. The van der Waals surface area contributed by atoms with Crippen molar-refractivity contribution >= 4 is 20.1 Å². The highest BCUT2D eigenvalue weighted by Gasteiger charge is 2.23. The van der Waals surface area contributed by atoms with Gasteiger partial charge in [-0.2, -0.15) is 0 Å². The first-order valence-corrected chi connectivity index (χ1v) is 7.50. The second-order valence-corrected chi connectivity index (χ2v) is 5.57. The highest BCUT2D eigenvalue weighted by Crippen LogP contribution is 2.26. The smallest absolute Gasteiger partial charge is 0.269 e. The van der Waals surface area contributed by atoms with Crippen LogP contribution in [0.25, 0.3) is 0 Å². The van der Waals surface area contributed by atoms with E-state index in [9.17, 15) is 10.1 Å². The minimum Gasteiger partial charge on any atom is -0.366 e. The molecule has 1 fully saturated rings. The summed E-state index contributed by atoms with van der Waals surface area (Å²) in [7, 11) is 0.852. The molecule has 1 aliphatic rings. The zero-order chi connectivity index (χ0) is 13.1. The summed E-state index contributed by atoms with van der Waals surface area (Å²) in [6.45, 7) is 7.52. The molecular formula is C12H18N3O2P. The molecule has 0 aliphatic carbocycles. The van der Waals surface area contributed by atoms with E-state index in [-0.39, 0.29) is 10.6 Å². The largest absolute Gasteiger partial charge is 0.366 e. The van der Waals surface area contributed by atoms with Gasteiger partial charge < -0.3 is 4.90 Å². The Labute approximate surface area is 109 Å². The van der Waals surface area contributed by atoms with Crippen LogP contribution in [-0.2, 0) is 0 Å².